The molecule has 5 atom stereocenters. The first-order chi connectivity index (χ1) is 13.5. The summed E-state index contributed by atoms with van der Waals surface area (Å²) >= 11 is 6.12. The molecule has 0 aromatic carbocycles. The van der Waals surface area contributed by atoms with Crippen molar-refractivity contribution in [3.63, 3.8) is 0 Å². The van der Waals surface area contributed by atoms with Gasteiger partial charge in [-0.2, -0.15) is 15.0 Å². The number of imidazole rings is 1. The van der Waals surface area contributed by atoms with Crippen molar-refractivity contribution in [2.24, 2.45) is 0 Å². The number of ether oxygens (including phenoxy) is 2. The van der Waals surface area contributed by atoms with Crippen molar-refractivity contribution in [3.05, 3.63) is 11.6 Å². The second kappa shape index (κ2) is 8.03. The van der Waals surface area contributed by atoms with Gasteiger partial charge in [0.2, 0.25) is 5.28 Å². The van der Waals surface area contributed by atoms with Gasteiger partial charge in [0.15, 0.2) is 23.2 Å². The molecule has 4 heterocycles. The van der Waals surface area contributed by atoms with Crippen LogP contribution in [0.2, 0.25) is 5.28 Å². The van der Waals surface area contributed by atoms with E-state index in [1.54, 1.807) is 0 Å². The van der Waals surface area contributed by atoms with Gasteiger partial charge in [0.25, 0.3) is 0 Å². The number of nitrogens with zero attached hydrogens (tertiary/aromatic N) is 5. The van der Waals surface area contributed by atoms with Crippen molar-refractivity contribution >= 4 is 28.6 Å². The third-order valence-electron chi connectivity index (χ3n) is 4.99. The second-order valence-electron chi connectivity index (χ2n) is 6.75. The Morgan fingerprint density at radius 3 is 2.89 bits per heavy atom. The molecule has 2 aromatic rings. The summed E-state index contributed by atoms with van der Waals surface area (Å²) in [5.41, 5.74) is 3.98. The number of aromatic nitrogens is 4. The zero-order chi connectivity index (χ0) is 19.8. The van der Waals surface area contributed by atoms with Crippen LogP contribution >= 0.6 is 11.6 Å². The zero-order valence-corrected chi connectivity index (χ0v) is 16.0. The maximum absolute atomic E-state index is 10.3. The average Bonchev–Trinajstić information content (AvgIpc) is 3.35. The van der Waals surface area contributed by atoms with Gasteiger partial charge in [-0.15, -0.1) is 0 Å². The number of aliphatic hydroxyl groups excluding tert-OH is 3. The second-order valence-corrected chi connectivity index (χ2v) is 7.09. The first kappa shape index (κ1) is 19.7. The Kier molecular flexibility index (Phi) is 5.65. The van der Waals surface area contributed by atoms with Crippen LogP contribution in [0.4, 0.5) is 5.82 Å². The Balaban J connectivity index is 1.66. The number of anilines is 1. The number of nitrogens with one attached hydrogen (secondary N) is 1. The van der Waals surface area contributed by atoms with E-state index in [0.29, 0.717) is 23.6 Å². The number of halogens is 1. The molecule has 0 amide bonds. The topological polar surface area (TPSA) is 138 Å². The molecule has 2 aliphatic rings. The number of hydrogen-bond donors (Lipinski definition) is 4. The van der Waals surface area contributed by atoms with Crippen molar-refractivity contribution in [1.82, 2.24) is 24.5 Å². The molecule has 2 saturated heterocycles. The molecule has 28 heavy (non-hydrogen) atoms. The van der Waals surface area contributed by atoms with Crippen molar-refractivity contribution in [2.45, 2.75) is 50.5 Å². The fraction of sp³-hybridized carbons (Fsp3) is 0.688. The van der Waals surface area contributed by atoms with Crippen molar-refractivity contribution in [2.75, 3.05) is 25.2 Å². The quantitative estimate of drug-likeness (QED) is 0.473. The summed E-state index contributed by atoms with van der Waals surface area (Å²) in [5.74, 6) is 0.409. The van der Waals surface area contributed by atoms with Crippen molar-refractivity contribution in [3.8, 4) is 0 Å². The molecular formula is C16H23ClN6O5. The minimum Gasteiger partial charge on any atom is -0.394 e. The molecular weight excluding hydrogens is 392 g/mol. The van der Waals surface area contributed by atoms with Crippen molar-refractivity contribution in [1.29, 1.82) is 0 Å². The summed E-state index contributed by atoms with van der Waals surface area (Å²) in [5, 5.41) is 31.6. The fourth-order valence-corrected chi connectivity index (χ4v) is 3.79. The highest BCUT2D eigenvalue weighted by atomic mass is 35.5. The van der Waals surface area contributed by atoms with Crippen LogP contribution in [0.25, 0.3) is 11.2 Å². The largest absolute Gasteiger partial charge is 0.394 e. The molecule has 0 bridgehead atoms. The van der Waals surface area contributed by atoms with E-state index in [4.69, 9.17) is 21.1 Å². The van der Waals surface area contributed by atoms with Gasteiger partial charge >= 0.3 is 0 Å². The van der Waals surface area contributed by atoms with Crippen LogP contribution in [0.5, 0.6) is 0 Å². The van der Waals surface area contributed by atoms with Crippen LogP contribution in [0.1, 0.15) is 26.0 Å². The molecule has 0 saturated carbocycles. The van der Waals surface area contributed by atoms with Crippen LogP contribution in [-0.2, 0) is 9.47 Å². The lowest BCUT2D eigenvalue weighted by Gasteiger charge is -2.25. The third-order valence-corrected chi connectivity index (χ3v) is 5.16. The Morgan fingerprint density at radius 2 is 2.18 bits per heavy atom. The van der Waals surface area contributed by atoms with Crippen LogP contribution < -0.4 is 5.43 Å². The Hall–Kier alpha value is -1.60. The molecule has 4 N–H and O–H groups in total. The van der Waals surface area contributed by atoms with Crippen molar-refractivity contribution < 1.29 is 24.8 Å². The normalized spacial score (nSPS) is 31.1. The van der Waals surface area contributed by atoms with Gasteiger partial charge in [0.05, 0.1) is 12.9 Å². The molecule has 154 valence electrons. The molecule has 0 aliphatic carbocycles. The summed E-state index contributed by atoms with van der Waals surface area (Å²) in [4.78, 5) is 12.8. The summed E-state index contributed by atoms with van der Waals surface area (Å²) < 4.78 is 12.8. The number of aliphatic hydroxyl groups is 3. The van der Waals surface area contributed by atoms with Crippen LogP contribution in [-0.4, -0.2) is 84.1 Å². The van der Waals surface area contributed by atoms with Gasteiger partial charge in [-0.1, -0.05) is 0 Å². The van der Waals surface area contributed by atoms with Crippen LogP contribution in [0, 0.1) is 0 Å². The van der Waals surface area contributed by atoms with Gasteiger partial charge in [-0.3, -0.25) is 9.99 Å². The van der Waals surface area contributed by atoms with E-state index in [1.807, 2.05) is 11.9 Å². The summed E-state index contributed by atoms with van der Waals surface area (Å²) in [6, 6.07) is 0. The lowest BCUT2D eigenvalue weighted by Crippen LogP contribution is -2.37. The molecule has 2 aromatic heterocycles. The molecule has 11 nitrogen and oxygen atoms in total. The maximum atomic E-state index is 10.3. The van der Waals surface area contributed by atoms with E-state index in [9.17, 15) is 15.3 Å². The number of rotatable bonds is 6. The number of hydrogen-bond acceptors (Lipinski definition) is 10. The molecule has 0 radical (unpaired) electrons. The molecule has 0 spiro atoms. The van der Waals surface area contributed by atoms with E-state index >= 15 is 0 Å². The molecule has 2 aliphatic heterocycles. The average molecular weight is 415 g/mol. The first-order valence-electron chi connectivity index (χ1n) is 9.21. The minimum atomic E-state index is -1.25. The predicted molar refractivity (Wildman–Crippen MR) is 98.3 cm³/mol. The Labute approximate surface area is 165 Å². The van der Waals surface area contributed by atoms with E-state index in [2.05, 4.69) is 20.4 Å². The maximum Gasteiger partial charge on any atom is 0.226 e. The smallest absolute Gasteiger partial charge is 0.226 e. The number of fused-ring (bicyclic) bond motifs is 1. The first-order valence-corrected chi connectivity index (χ1v) is 9.58. The van der Waals surface area contributed by atoms with Gasteiger partial charge in [-0.25, -0.2) is 4.98 Å². The molecule has 1 unspecified atom stereocenters. The molecule has 2 fully saturated rings. The SMILES string of the molecule is CCOC1CCCN1Nc1nc(Cl)nc2c1ncn2[C@H]1O[C@H](CO)[C@@H](O)[C@H]1O. The standard InChI is InChI=1S/C16H23ClN6O5/c1-2-27-9-4-3-5-23(9)21-13-10-14(20-16(17)19-13)22(7-18-10)15-12(26)11(25)8(6-24)28-15/h7-9,11-12,15,24-26H,2-6H2,1H3,(H,19,20,21)/t8-,9?,11-,12-,15+/m1/s1. The molecule has 12 heteroatoms. The number of hydrazine groups is 1. The summed E-state index contributed by atoms with van der Waals surface area (Å²) in [6.45, 7) is 2.91. The van der Waals surface area contributed by atoms with Gasteiger partial charge < -0.3 is 24.8 Å². The van der Waals surface area contributed by atoms with E-state index in [1.165, 1.54) is 10.9 Å². The lowest BCUT2D eigenvalue weighted by molar-refractivity contribution is -0.0511. The lowest BCUT2D eigenvalue weighted by atomic mass is 10.1. The molecule has 4 rings (SSSR count). The van der Waals surface area contributed by atoms with Gasteiger partial charge in [0.1, 0.15) is 24.5 Å². The van der Waals surface area contributed by atoms with Gasteiger partial charge in [0, 0.05) is 13.2 Å². The summed E-state index contributed by atoms with van der Waals surface area (Å²) in [6.07, 6.45) is -1.08. The Morgan fingerprint density at radius 1 is 1.36 bits per heavy atom. The van der Waals surface area contributed by atoms with E-state index in [-0.39, 0.29) is 11.5 Å². The van der Waals surface area contributed by atoms with E-state index in [0.717, 1.165) is 19.4 Å². The fourth-order valence-electron chi connectivity index (χ4n) is 3.63. The van der Waals surface area contributed by atoms with E-state index < -0.39 is 31.1 Å². The highest BCUT2D eigenvalue weighted by Gasteiger charge is 2.44. The zero-order valence-electron chi connectivity index (χ0n) is 15.3. The van der Waals surface area contributed by atoms with Crippen LogP contribution in [0.3, 0.4) is 0 Å². The van der Waals surface area contributed by atoms with Gasteiger partial charge in [-0.05, 0) is 31.4 Å². The predicted octanol–water partition coefficient (Wildman–Crippen LogP) is -0.124. The van der Waals surface area contributed by atoms with Crippen LogP contribution in [0.15, 0.2) is 6.33 Å². The Bertz CT molecular complexity index is 837. The highest BCUT2D eigenvalue weighted by molar-refractivity contribution is 6.28. The highest BCUT2D eigenvalue weighted by Crippen LogP contribution is 2.33. The summed E-state index contributed by atoms with van der Waals surface area (Å²) in [7, 11) is 0. The minimum absolute atomic E-state index is 0.00403. The third kappa shape index (κ3) is 3.43. The monoisotopic (exact) mass is 414 g/mol.